The molecule has 1 amide bonds. The van der Waals surface area contributed by atoms with Crippen LogP contribution in [-0.2, 0) is 19.6 Å². The third-order valence-corrected chi connectivity index (χ3v) is 5.93. The zero-order valence-electron chi connectivity index (χ0n) is 15.8. The largest absolute Gasteiger partial charge is 0.452 e. The van der Waals surface area contributed by atoms with Crippen LogP contribution in [0.25, 0.3) is 0 Å². The molecule has 0 spiro atoms. The number of sulfonamides is 1. The molecule has 1 N–H and O–H groups in total. The van der Waals surface area contributed by atoms with Crippen LogP contribution in [-0.4, -0.2) is 51.9 Å². The highest BCUT2D eigenvalue weighted by Gasteiger charge is 2.22. The lowest BCUT2D eigenvalue weighted by Gasteiger charge is -2.14. The second-order valence-electron chi connectivity index (χ2n) is 5.93. The fourth-order valence-corrected chi connectivity index (χ4v) is 3.61. The third kappa shape index (κ3) is 5.88. The Bertz CT molecular complexity index is 1050. The molecule has 0 saturated heterocycles. The average Bonchev–Trinajstić information content (AvgIpc) is 2.67. The molecule has 2 aromatic carbocycles. The number of nitrogens with one attached hydrogen (secondary N) is 1. The molecule has 162 valence electrons. The number of rotatable bonds is 8. The zero-order valence-corrected chi connectivity index (χ0v) is 17.3. The second-order valence-corrected chi connectivity index (χ2v) is 8.46. The molecule has 0 heterocycles. The van der Waals surface area contributed by atoms with Crippen molar-refractivity contribution >= 4 is 39.2 Å². The number of hydrogen-bond acceptors (Lipinski definition) is 6. The summed E-state index contributed by atoms with van der Waals surface area (Å²) in [6, 6.07) is 8.97. The number of halogens is 3. The monoisotopic (exact) mass is 462 g/mol. The van der Waals surface area contributed by atoms with Crippen molar-refractivity contribution in [2.24, 2.45) is 0 Å². The van der Waals surface area contributed by atoms with Gasteiger partial charge in [0.25, 0.3) is 5.91 Å². The first-order valence-corrected chi connectivity index (χ1v) is 10.1. The molecule has 0 saturated carbocycles. The highest BCUT2D eigenvalue weighted by molar-refractivity contribution is 7.89. The highest BCUT2D eigenvalue weighted by Crippen LogP contribution is 2.27. The van der Waals surface area contributed by atoms with E-state index in [2.05, 4.69) is 10.1 Å². The summed E-state index contributed by atoms with van der Waals surface area (Å²) in [7, 11) is -1.20. The average molecular weight is 463 g/mol. The summed E-state index contributed by atoms with van der Waals surface area (Å²) in [6.07, 6.45) is 0. The molecule has 0 aliphatic heterocycles. The first-order valence-electron chi connectivity index (χ1n) is 8.25. The molecular weight excluding hydrogens is 446 g/mol. The summed E-state index contributed by atoms with van der Waals surface area (Å²) >= 11 is 5.93. The molecule has 12 heteroatoms. The molecule has 0 atom stereocenters. The molecule has 2 rings (SSSR count). The molecule has 0 bridgehead atoms. The standard InChI is InChI=1S/C18H17ClF2N2O6S/c1-23(2)30(26,27)15-9-11(7-8-13(15)19)22-16(24)10-28-17(25)12-5-3-4-6-14(12)29-18(20)21/h3-9,18H,10H2,1-2H3,(H,22,24). The smallest absolute Gasteiger partial charge is 0.387 e. The van der Waals surface area contributed by atoms with Crippen molar-refractivity contribution in [3.05, 3.63) is 53.1 Å². The molecule has 8 nitrogen and oxygen atoms in total. The van der Waals surface area contributed by atoms with Gasteiger partial charge in [0, 0.05) is 19.8 Å². The molecule has 0 aromatic heterocycles. The van der Waals surface area contributed by atoms with Gasteiger partial charge in [0.1, 0.15) is 16.2 Å². The predicted molar refractivity (Wildman–Crippen MR) is 104 cm³/mol. The molecule has 0 aliphatic carbocycles. The van der Waals surface area contributed by atoms with Gasteiger partial charge in [-0.3, -0.25) is 4.79 Å². The van der Waals surface area contributed by atoms with Gasteiger partial charge in [-0.1, -0.05) is 23.7 Å². The van der Waals surface area contributed by atoms with Crippen LogP contribution in [0.5, 0.6) is 5.75 Å². The van der Waals surface area contributed by atoms with Crippen LogP contribution in [0.4, 0.5) is 14.5 Å². The number of nitrogens with zero attached hydrogens (tertiary/aromatic N) is 1. The van der Waals surface area contributed by atoms with Gasteiger partial charge in [-0.15, -0.1) is 0 Å². The number of amides is 1. The van der Waals surface area contributed by atoms with Crippen LogP contribution >= 0.6 is 11.6 Å². The van der Waals surface area contributed by atoms with E-state index in [4.69, 9.17) is 16.3 Å². The summed E-state index contributed by atoms with van der Waals surface area (Å²) in [5.74, 6) is -2.23. The van der Waals surface area contributed by atoms with Crippen molar-refractivity contribution in [3.63, 3.8) is 0 Å². The normalized spacial score (nSPS) is 11.4. The van der Waals surface area contributed by atoms with Gasteiger partial charge in [-0.2, -0.15) is 8.78 Å². The Morgan fingerprint density at radius 2 is 1.83 bits per heavy atom. The summed E-state index contributed by atoms with van der Waals surface area (Å²) in [6.45, 7) is -3.89. The van der Waals surface area contributed by atoms with Crippen LogP contribution in [0.15, 0.2) is 47.4 Å². The summed E-state index contributed by atoms with van der Waals surface area (Å²) in [5.41, 5.74) is -0.182. The van der Waals surface area contributed by atoms with Gasteiger partial charge < -0.3 is 14.8 Å². The summed E-state index contributed by atoms with van der Waals surface area (Å²) < 4.78 is 59.4. The Kier molecular flexibility index (Phi) is 7.71. The molecule has 0 radical (unpaired) electrons. The maximum absolute atomic E-state index is 12.4. The van der Waals surface area contributed by atoms with Crippen molar-refractivity contribution in [2.75, 3.05) is 26.0 Å². The number of alkyl halides is 2. The third-order valence-electron chi connectivity index (χ3n) is 3.63. The highest BCUT2D eigenvalue weighted by atomic mass is 35.5. The van der Waals surface area contributed by atoms with E-state index in [1.165, 1.54) is 44.4 Å². The van der Waals surface area contributed by atoms with E-state index in [0.717, 1.165) is 16.4 Å². The van der Waals surface area contributed by atoms with E-state index < -0.39 is 40.9 Å². The molecule has 0 aliphatic rings. The molecule has 0 fully saturated rings. The fraction of sp³-hybridized carbons (Fsp3) is 0.222. The summed E-state index contributed by atoms with van der Waals surface area (Å²) in [5, 5.41) is 2.33. The number of anilines is 1. The minimum absolute atomic E-state index is 0.0382. The number of ether oxygens (including phenoxy) is 2. The Morgan fingerprint density at radius 3 is 2.47 bits per heavy atom. The van der Waals surface area contributed by atoms with E-state index in [9.17, 15) is 26.8 Å². The summed E-state index contributed by atoms with van der Waals surface area (Å²) in [4.78, 5) is 23.9. The van der Waals surface area contributed by atoms with Gasteiger partial charge in [0.05, 0.1) is 5.02 Å². The molecular formula is C18H17ClF2N2O6S. The fourth-order valence-electron chi connectivity index (χ4n) is 2.22. The number of para-hydroxylation sites is 1. The van der Waals surface area contributed by atoms with Gasteiger partial charge in [0.15, 0.2) is 6.61 Å². The predicted octanol–water partition coefficient (Wildman–Crippen LogP) is 2.99. The topological polar surface area (TPSA) is 102 Å². The van der Waals surface area contributed by atoms with Gasteiger partial charge in [-0.25, -0.2) is 17.5 Å². The zero-order chi connectivity index (χ0) is 22.5. The van der Waals surface area contributed by atoms with Crippen molar-refractivity contribution in [2.45, 2.75) is 11.5 Å². The van der Waals surface area contributed by atoms with Gasteiger partial charge in [-0.05, 0) is 30.3 Å². The Morgan fingerprint density at radius 1 is 1.17 bits per heavy atom. The van der Waals surface area contributed by atoms with E-state index in [1.54, 1.807) is 0 Å². The second kappa shape index (κ2) is 9.83. The van der Waals surface area contributed by atoms with E-state index in [0.29, 0.717) is 0 Å². The van der Waals surface area contributed by atoms with E-state index in [1.807, 2.05) is 0 Å². The number of benzene rings is 2. The van der Waals surface area contributed by atoms with Crippen LogP contribution in [0.1, 0.15) is 10.4 Å². The van der Waals surface area contributed by atoms with Crippen LogP contribution < -0.4 is 10.1 Å². The number of carbonyl (C=O) groups excluding carboxylic acids is 2. The van der Waals surface area contributed by atoms with Crippen molar-refractivity contribution < 1.29 is 36.3 Å². The minimum atomic E-state index is -3.85. The molecule has 30 heavy (non-hydrogen) atoms. The SMILES string of the molecule is CN(C)S(=O)(=O)c1cc(NC(=O)COC(=O)c2ccccc2OC(F)F)ccc1Cl. The number of carbonyl (C=O) groups is 2. The lowest BCUT2D eigenvalue weighted by molar-refractivity contribution is -0.119. The lowest BCUT2D eigenvalue weighted by atomic mass is 10.2. The van der Waals surface area contributed by atoms with Crippen LogP contribution in [0, 0.1) is 0 Å². The first kappa shape index (κ1) is 23.5. The van der Waals surface area contributed by atoms with Crippen LogP contribution in [0.3, 0.4) is 0 Å². The van der Waals surface area contributed by atoms with Crippen molar-refractivity contribution in [1.29, 1.82) is 0 Å². The van der Waals surface area contributed by atoms with Crippen molar-refractivity contribution in [1.82, 2.24) is 4.31 Å². The molecule has 0 unspecified atom stereocenters. The Balaban J connectivity index is 2.07. The quantitative estimate of drug-likeness (QED) is 0.605. The van der Waals surface area contributed by atoms with Crippen LogP contribution in [0.2, 0.25) is 5.02 Å². The maximum Gasteiger partial charge on any atom is 0.387 e. The maximum atomic E-state index is 12.4. The number of esters is 1. The minimum Gasteiger partial charge on any atom is -0.452 e. The van der Waals surface area contributed by atoms with E-state index in [-0.39, 0.29) is 21.2 Å². The Labute approximate surface area is 176 Å². The van der Waals surface area contributed by atoms with Crippen molar-refractivity contribution in [3.8, 4) is 5.75 Å². The lowest BCUT2D eigenvalue weighted by Crippen LogP contribution is -2.24. The van der Waals surface area contributed by atoms with Gasteiger partial charge >= 0.3 is 12.6 Å². The van der Waals surface area contributed by atoms with Gasteiger partial charge in [0.2, 0.25) is 10.0 Å². The molecule has 2 aromatic rings. The first-order chi connectivity index (χ1) is 14.0. The van der Waals surface area contributed by atoms with E-state index >= 15 is 0 Å². The number of hydrogen-bond donors (Lipinski definition) is 1. The Hall–Kier alpha value is -2.76.